The van der Waals surface area contributed by atoms with Crippen LogP contribution in [0.5, 0.6) is 0 Å². The Morgan fingerprint density at radius 2 is 1.80 bits per heavy atom. The first kappa shape index (κ1) is 17.3. The highest BCUT2D eigenvalue weighted by Gasteiger charge is 2.20. The van der Waals surface area contributed by atoms with Crippen LogP contribution in [-0.2, 0) is 11.8 Å². The maximum atomic E-state index is 12.7. The molecule has 0 amide bonds. The normalized spacial score (nSPS) is 13.7. The van der Waals surface area contributed by atoms with E-state index in [9.17, 15) is 4.79 Å². The molecule has 0 aliphatic rings. The van der Waals surface area contributed by atoms with E-state index in [0.717, 1.165) is 16.6 Å². The number of nitrogens with zero attached hydrogens (tertiary/aromatic N) is 2. The van der Waals surface area contributed by atoms with Crippen LogP contribution in [0.15, 0.2) is 59.4 Å². The van der Waals surface area contributed by atoms with E-state index < -0.39 is 0 Å². The molecule has 1 unspecified atom stereocenters. The molecule has 0 radical (unpaired) electrons. The zero-order valence-corrected chi connectivity index (χ0v) is 14.8. The average molecular weight is 337 g/mol. The fraction of sp³-hybridized carbons (Fsp3) is 0.300. The number of methoxy groups -OCH3 is 1. The van der Waals surface area contributed by atoms with Crippen molar-refractivity contribution in [1.82, 2.24) is 14.9 Å². The largest absolute Gasteiger partial charge is 0.383 e. The second-order valence-corrected chi connectivity index (χ2v) is 6.16. The summed E-state index contributed by atoms with van der Waals surface area (Å²) < 4.78 is 7.01. The van der Waals surface area contributed by atoms with Gasteiger partial charge in [0.25, 0.3) is 5.56 Å². The van der Waals surface area contributed by atoms with E-state index in [2.05, 4.69) is 22.4 Å². The van der Waals surface area contributed by atoms with E-state index in [1.807, 2.05) is 49.4 Å². The predicted octanol–water partition coefficient (Wildman–Crippen LogP) is 2.97. The van der Waals surface area contributed by atoms with Crippen molar-refractivity contribution in [2.24, 2.45) is 7.05 Å². The maximum Gasteiger partial charge on any atom is 0.274 e. The number of nitrogens with one attached hydrogen (secondary N) is 1. The molecule has 0 saturated carbocycles. The average Bonchev–Trinajstić information content (AvgIpc) is 2.65. The highest BCUT2D eigenvalue weighted by atomic mass is 16.5. The van der Waals surface area contributed by atoms with Crippen molar-refractivity contribution in [3.05, 3.63) is 76.2 Å². The van der Waals surface area contributed by atoms with Gasteiger partial charge in [-0.25, -0.2) is 4.98 Å². The van der Waals surface area contributed by atoms with Gasteiger partial charge in [0.15, 0.2) is 0 Å². The Morgan fingerprint density at radius 3 is 2.52 bits per heavy atom. The number of ether oxygens (including phenoxy) is 1. The first-order chi connectivity index (χ1) is 12.1. The first-order valence-corrected chi connectivity index (χ1v) is 8.37. The Balaban J connectivity index is 1.94. The lowest BCUT2D eigenvalue weighted by Gasteiger charge is -2.23. The van der Waals surface area contributed by atoms with Gasteiger partial charge in [-0.05, 0) is 24.6 Å². The first-order valence-electron chi connectivity index (χ1n) is 8.37. The van der Waals surface area contributed by atoms with Crippen molar-refractivity contribution in [1.29, 1.82) is 0 Å². The SMILES string of the molecule is COC[C@@H](NC(C)c1nc2ccccc2n(C)c1=O)c1ccccc1. The molecule has 0 aliphatic carbocycles. The molecular formula is C20H23N3O2. The molecule has 2 atom stereocenters. The fourth-order valence-corrected chi connectivity index (χ4v) is 3.06. The van der Waals surface area contributed by atoms with Crippen molar-refractivity contribution < 1.29 is 4.74 Å². The minimum Gasteiger partial charge on any atom is -0.383 e. The van der Waals surface area contributed by atoms with Gasteiger partial charge in [-0.2, -0.15) is 0 Å². The molecule has 3 rings (SSSR count). The van der Waals surface area contributed by atoms with Gasteiger partial charge >= 0.3 is 0 Å². The molecule has 25 heavy (non-hydrogen) atoms. The van der Waals surface area contributed by atoms with Crippen LogP contribution in [-0.4, -0.2) is 23.3 Å². The monoisotopic (exact) mass is 337 g/mol. The number of aromatic nitrogens is 2. The number of hydrogen-bond acceptors (Lipinski definition) is 4. The minimum absolute atomic E-state index is 0.0147. The van der Waals surface area contributed by atoms with Crippen LogP contribution in [0.25, 0.3) is 11.0 Å². The summed E-state index contributed by atoms with van der Waals surface area (Å²) in [5.41, 5.74) is 3.20. The molecule has 1 aromatic heterocycles. The van der Waals surface area contributed by atoms with Crippen LogP contribution in [0.3, 0.4) is 0 Å². The van der Waals surface area contributed by atoms with Gasteiger partial charge < -0.3 is 9.30 Å². The lowest BCUT2D eigenvalue weighted by Crippen LogP contribution is -2.34. The third-order valence-corrected chi connectivity index (χ3v) is 4.40. The Morgan fingerprint density at radius 1 is 1.12 bits per heavy atom. The molecule has 0 saturated heterocycles. The molecule has 5 nitrogen and oxygen atoms in total. The van der Waals surface area contributed by atoms with E-state index in [4.69, 9.17) is 4.74 Å². The molecule has 0 aliphatic heterocycles. The summed E-state index contributed by atoms with van der Waals surface area (Å²) in [6.45, 7) is 2.48. The van der Waals surface area contributed by atoms with E-state index in [1.165, 1.54) is 0 Å². The van der Waals surface area contributed by atoms with Crippen LogP contribution in [0.1, 0.15) is 30.3 Å². The fourth-order valence-electron chi connectivity index (χ4n) is 3.06. The molecule has 0 spiro atoms. The zero-order valence-electron chi connectivity index (χ0n) is 14.8. The summed E-state index contributed by atoms with van der Waals surface area (Å²) in [6, 6.07) is 17.5. The summed E-state index contributed by atoms with van der Waals surface area (Å²) in [7, 11) is 3.46. The maximum absolute atomic E-state index is 12.7. The summed E-state index contributed by atoms with van der Waals surface area (Å²) in [6.07, 6.45) is 0. The summed E-state index contributed by atoms with van der Waals surface area (Å²) >= 11 is 0. The molecule has 130 valence electrons. The minimum atomic E-state index is -0.205. The molecule has 1 heterocycles. The van der Waals surface area contributed by atoms with E-state index in [1.54, 1.807) is 18.7 Å². The Labute approximate surface area is 147 Å². The molecule has 0 bridgehead atoms. The number of fused-ring (bicyclic) bond motifs is 1. The Bertz CT molecular complexity index is 906. The standard InChI is InChI=1S/C20H23N3O2/c1-14(21-17(13-25-3)15-9-5-4-6-10-15)19-20(24)23(2)18-12-8-7-11-16(18)22-19/h4-12,14,17,21H,13H2,1-3H3/t14?,17-/m1/s1. The molecule has 2 aromatic carbocycles. The van der Waals surface area contributed by atoms with Crippen LogP contribution in [0, 0.1) is 0 Å². The number of benzene rings is 2. The van der Waals surface area contributed by atoms with Gasteiger partial charge in [-0.15, -0.1) is 0 Å². The molecule has 1 N–H and O–H groups in total. The van der Waals surface area contributed by atoms with E-state index in [0.29, 0.717) is 12.3 Å². The molecule has 3 aromatic rings. The second-order valence-electron chi connectivity index (χ2n) is 6.16. The van der Waals surface area contributed by atoms with Crippen LogP contribution in [0.2, 0.25) is 0 Å². The highest BCUT2D eigenvalue weighted by Crippen LogP contribution is 2.19. The third-order valence-electron chi connectivity index (χ3n) is 4.40. The summed E-state index contributed by atoms with van der Waals surface area (Å²) in [5, 5.41) is 3.48. The van der Waals surface area contributed by atoms with Gasteiger partial charge in [-0.3, -0.25) is 10.1 Å². The lowest BCUT2D eigenvalue weighted by atomic mass is 10.1. The number of para-hydroxylation sites is 2. The van der Waals surface area contributed by atoms with Gasteiger partial charge in [0.1, 0.15) is 5.69 Å². The van der Waals surface area contributed by atoms with Gasteiger partial charge in [0.05, 0.1) is 29.7 Å². The number of aryl methyl sites for hydroxylation is 1. The second kappa shape index (κ2) is 7.59. The molecule has 5 heteroatoms. The van der Waals surface area contributed by atoms with Crippen molar-refractivity contribution in [3.8, 4) is 0 Å². The van der Waals surface area contributed by atoms with Crippen LogP contribution < -0.4 is 10.9 Å². The van der Waals surface area contributed by atoms with Crippen molar-refractivity contribution >= 4 is 11.0 Å². The van der Waals surface area contributed by atoms with Gasteiger partial charge in [-0.1, -0.05) is 42.5 Å². The highest BCUT2D eigenvalue weighted by molar-refractivity contribution is 5.74. The lowest BCUT2D eigenvalue weighted by molar-refractivity contribution is 0.161. The third kappa shape index (κ3) is 3.62. The van der Waals surface area contributed by atoms with E-state index in [-0.39, 0.29) is 17.6 Å². The Hall–Kier alpha value is -2.50. The zero-order chi connectivity index (χ0) is 17.8. The quantitative estimate of drug-likeness (QED) is 0.751. The summed E-state index contributed by atoms with van der Waals surface area (Å²) in [4.78, 5) is 17.3. The molecular weight excluding hydrogens is 314 g/mol. The number of rotatable bonds is 6. The molecule has 0 fully saturated rings. The van der Waals surface area contributed by atoms with Gasteiger partial charge in [0.2, 0.25) is 0 Å². The van der Waals surface area contributed by atoms with Crippen LogP contribution in [0.4, 0.5) is 0 Å². The van der Waals surface area contributed by atoms with Gasteiger partial charge in [0, 0.05) is 14.2 Å². The Kier molecular flexibility index (Phi) is 5.26. The predicted molar refractivity (Wildman–Crippen MR) is 99.6 cm³/mol. The number of hydrogen-bond donors (Lipinski definition) is 1. The summed E-state index contributed by atoms with van der Waals surface area (Å²) in [5.74, 6) is 0. The smallest absolute Gasteiger partial charge is 0.274 e. The van der Waals surface area contributed by atoms with Crippen LogP contribution >= 0.6 is 0 Å². The van der Waals surface area contributed by atoms with Crippen molar-refractivity contribution in [2.75, 3.05) is 13.7 Å². The van der Waals surface area contributed by atoms with E-state index >= 15 is 0 Å². The van der Waals surface area contributed by atoms with Crippen molar-refractivity contribution in [2.45, 2.75) is 19.0 Å². The van der Waals surface area contributed by atoms with Crippen molar-refractivity contribution in [3.63, 3.8) is 0 Å². The topological polar surface area (TPSA) is 56.1 Å².